The number of rotatable bonds is 4. The fourth-order valence-corrected chi connectivity index (χ4v) is 2.24. The Morgan fingerprint density at radius 3 is 2.68 bits per heavy atom. The molecule has 2 heterocycles. The molecule has 7 heteroatoms. The molecule has 1 aliphatic heterocycles. The van der Waals surface area contributed by atoms with Crippen LogP contribution in [-0.2, 0) is 0 Å². The number of aromatic nitrogens is 3. The van der Waals surface area contributed by atoms with Gasteiger partial charge in [-0.25, -0.2) is 0 Å². The molecule has 1 aromatic rings. The van der Waals surface area contributed by atoms with E-state index in [2.05, 4.69) is 25.9 Å². The monoisotopic (exact) mass is 280 g/mol. The lowest BCUT2D eigenvalue weighted by molar-refractivity contribution is 0.698. The second-order valence-corrected chi connectivity index (χ2v) is 5.15. The summed E-state index contributed by atoms with van der Waals surface area (Å²) in [5.74, 6) is 1.06. The zero-order chi connectivity index (χ0) is 13.8. The second kappa shape index (κ2) is 6.02. The van der Waals surface area contributed by atoms with Crippen LogP contribution in [0.3, 0.4) is 0 Å². The van der Waals surface area contributed by atoms with Crippen LogP contribution in [0.15, 0.2) is 0 Å². The van der Waals surface area contributed by atoms with Crippen LogP contribution in [0, 0.1) is 17.2 Å². The lowest BCUT2D eigenvalue weighted by Gasteiger charge is -2.21. The van der Waals surface area contributed by atoms with E-state index in [1.54, 1.807) is 0 Å². The van der Waals surface area contributed by atoms with E-state index in [0.717, 1.165) is 25.9 Å². The van der Waals surface area contributed by atoms with Crippen LogP contribution >= 0.6 is 11.6 Å². The first-order valence-corrected chi connectivity index (χ1v) is 6.75. The SMILES string of the molecule is CC(C#N)CN(C)c1nc(Cl)nc(N2CCCC2)n1. The van der Waals surface area contributed by atoms with Gasteiger partial charge in [-0.15, -0.1) is 0 Å². The number of anilines is 2. The number of nitriles is 1. The average Bonchev–Trinajstić information content (AvgIpc) is 2.91. The van der Waals surface area contributed by atoms with E-state index in [1.807, 2.05) is 18.9 Å². The van der Waals surface area contributed by atoms with E-state index in [-0.39, 0.29) is 11.2 Å². The Kier molecular flexibility index (Phi) is 4.38. The highest BCUT2D eigenvalue weighted by Crippen LogP contribution is 2.20. The zero-order valence-electron chi connectivity index (χ0n) is 11.2. The van der Waals surface area contributed by atoms with Gasteiger partial charge < -0.3 is 9.80 Å². The van der Waals surface area contributed by atoms with Crippen molar-refractivity contribution in [3.8, 4) is 6.07 Å². The van der Waals surface area contributed by atoms with Crippen LogP contribution in [0.4, 0.5) is 11.9 Å². The summed E-state index contributed by atoms with van der Waals surface area (Å²) < 4.78 is 0. The molecule has 0 spiro atoms. The normalized spacial score (nSPS) is 16.2. The predicted molar refractivity (Wildman–Crippen MR) is 74.3 cm³/mol. The van der Waals surface area contributed by atoms with Crippen molar-refractivity contribution in [2.75, 3.05) is 36.5 Å². The van der Waals surface area contributed by atoms with Gasteiger partial charge in [0, 0.05) is 26.7 Å². The number of halogens is 1. The second-order valence-electron chi connectivity index (χ2n) is 4.81. The quantitative estimate of drug-likeness (QED) is 0.836. The minimum atomic E-state index is -0.0872. The van der Waals surface area contributed by atoms with Crippen LogP contribution in [0.25, 0.3) is 0 Å². The van der Waals surface area contributed by atoms with Crippen LogP contribution in [0.5, 0.6) is 0 Å². The third-order valence-electron chi connectivity index (χ3n) is 3.08. The Balaban J connectivity index is 2.18. The summed E-state index contributed by atoms with van der Waals surface area (Å²) in [6, 6.07) is 2.19. The van der Waals surface area contributed by atoms with Gasteiger partial charge in [-0.3, -0.25) is 0 Å². The van der Waals surface area contributed by atoms with E-state index in [0.29, 0.717) is 18.4 Å². The standard InChI is InChI=1S/C12H17ClN6/c1-9(7-14)8-18(2)11-15-10(13)16-12(17-11)19-5-3-4-6-19/h9H,3-6,8H2,1-2H3. The van der Waals surface area contributed by atoms with Gasteiger partial charge in [0.1, 0.15) is 0 Å². The maximum atomic E-state index is 8.85. The molecule has 1 unspecified atom stereocenters. The van der Waals surface area contributed by atoms with E-state index >= 15 is 0 Å². The van der Waals surface area contributed by atoms with Crippen molar-refractivity contribution in [3.63, 3.8) is 0 Å². The number of nitrogens with zero attached hydrogens (tertiary/aromatic N) is 6. The molecular weight excluding hydrogens is 264 g/mol. The summed E-state index contributed by atoms with van der Waals surface area (Å²) in [7, 11) is 1.85. The van der Waals surface area contributed by atoms with E-state index < -0.39 is 0 Å². The first-order valence-electron chi connectivity index (χ1n) is 6.37. The van der Waals surface area contributed by atoms with E-state index in [4.69, 9.17) is 16.9 Å². The Morgan fingerprint density at radius 2 is 2.05 bits per heavy atom. The first-order chi connectivity index (χ1) is 9.10. The molecule has 1 saturated heterocycles. The van der Waals surface area contributed by atoms with Gasteiger partial charge >= 0.3 is 0 Å². The van der Waals surface area contributed by atoms with Gasteiger partial charge in [0.25, 0.3) is 0 Å². The molecule has 0 amide bonds. The van der Waals surface area contributed by atoms with Crippen molar-refractivity contribution >= 4 is 23.5 Å². The lowest BCUT2D eigenvalue weighted by atomic mass is 10.2. The zero-order valence-corrected chi connectivity index (χ0v) is 11.9. The largest absolute Gasteiger partial charge is 0.342 e. The maximum absolute atomic E-state index is 8.85. The van der Waals surface area contributed by atoms with Crippen molar-refractivity contribution in [2.24, 2.45) is 5.92 Å². The molecule has 19 heavy (non-hydrogen) atoms. The highest BCUT2D eigenvalue weighted by atomic mass is 35.5. The molecule has 102 valence electrons. The third kappa shape index (κ3) is 3.44. The Bertz CT molecular complexity index is 480. The summed E-state index contributed by atoms with van der Waals surface area (Å²) in [6.45, 7) is 4.34. The molecule has 1 aromatic heterocycles. The molecular formula is C12H17ClN6. The Labute approximate surface area is 118 Å². The minimum Gasteiger partial charge on any atom is -0.342 e. The average molecular weight is 281 g/mol. The molecule has 0 radical (unpaired) electrons. The molecule has 0 aromatic carbocycles. The van der Waals surface area contributed by atoms with Gasteiger partial charge in [0.15, 0.2) is 0 Å². The van der Waals surface area contributed by atoms with Crippen LogP contribution in [0.1, 0.15) is 19.8 Å². The predicted octanol–water partition coefficient (Wildman–Crippen LogP) is 1.72. The van der Waals surface area contributed by atoms with E-state index in [9.17, 15) is 0 Å². The van der Waals surface area contributed by atoms with Crippen molar-refractivity contribution in [1.29, 1.82) is 5.26 Å². The molecule has 2 rings (SSSR count). The lowest BCUT2D eigenvalue weighted by Crippen LogP contribution is -2.27. The minimum absolute atomic E-state index is 0.0872. The summed E-state index contributed by atoms with van der Waals surface area (Å²) in [5, 5.41) is 9.05. The fourth-order valence-electron chi connectivity index (χ4n) is 2.09. The van der Waals surface area contributed by atoms with Crippen molar-refractivity contribution in [2.45, 2.75) is 19.8 Å². The smallest absolute Gasteiger partial charge is 0.231 e. The fraction of sp³-hybridized carbons (Fsp3) is 0.667. The van der Waals surface area contributed by atoms with Crippen molar-refractivity contribution in [1.82, 2.24) is 15.0 Å². The number of hydrogen-bond acceptors (Lipinski definition) is 6. The van der Waals surface area contributed by atoms with Gasteiger partial charge in [-0.1, -0.05) is 0 Å². The van der Waals surface area contributed by atoms with Crippen LogP contribution < -0.4 is 9.80 Å². The van der Waals surface area contributed by atoms with Crippen LogP contribution in [-0.4, -0.2) is 41.6 Å². The highest BCUT2D eigenvalue weighted by molar-refractivity contribution is 6.28. The van der Waals surface area contributed by atoms with Gasteiger partial charge in [-0.2, -0.15) is 20.2 Å². The molecule has 1 atom stereocenters. The summed E-state index contributed by atoms with van der Waals surface area (Å²) >= 11 is 5.96. The molecule has 6 nitrogen and oxygen atoms in total. The Hall–Kier alpha value is -1.61. The summed E-state index contributed by atoms with van der Waals surface area (Å²) in [6.07, 6.45) is 2.31. The molecule has 0 saturated carbocycles. The van der Waals surface area contributed by atoms with Crippen LogP contribution in [0.2, 0.25) is 5.28 Å². The summed E-state index contributed by atoms with van der Waals surface area (Å²) in [4.78, 5) is 16.7. The number of hydrogen-bond donors (Lipinski definition) is 0. The first kappa shape index (κ1) is 13.8. The van der Waals surface area contributed by atoms with Gasteiger partial charge in [-0.05, 0) is 31.4 Å². The Morgan fingerprint density at radius 1 is 1.37 bits per heavy atom. The molecule has 0 bridgehead atoms. The molecule has 1 fully saturated rings. The molecule has 0 aliphatic carbocycles. The molecule has 0 N–H and O–H groups in total. The third-order valence-corrected chi connectivity index (χ3v) is 3.25. The van der Waals surface area contributed by atoms with Gasteiger partial charge in [0.2, 0.25) is 17.2 Å². The maximum Gasteiger partial charge on any atom is 0.231 e. The van der Waals surface area contributed by atoms with E-state index in [1.165, 1.54) is 0 Å². The van der Waals surface area contributed by atoms with Crippen molar-refractivity contribution in [3.05, 3.63) is 5.28 Å². The highest BCUT2D eigenvalue weighted by Gasteiger charge is 2.18. The van der Waals surface area contributed by atoms with Crippen molar-refractivity contribution < 1.29 is 0 Å². The molecule has 1 aliphatic rings. The topological polar surface area (TPSA) is 68.9 Å². The summed E-state index contributed by atoms with van der Waals surface area (Å²) in [5.41, 5.74) is 0. The van der Waals surface area contributed by atoms with Gasteiger partial charge in [0.05, 0.1) is 12.0 Å².